The molecular formula is C27H28N2O5. The molecule has 0 heterocycles. The van der Waals surface area contributed by atoms with Crippen molar-refractivity contribution in [1.29, 1.82) is 0 Å². The van der Waals surface area contributed by atoms with Crippen molar-refractivity contribution in [2.24, 2.45) is 11.3 Å². The molecule has 176 valence electrons. The highest BCUT2D eigenvalue weighted by Gasteiger charge is 2.66. The summed E-state index contributed by atoms with van der Waals surface area (Å²) in [5, 5.41) is 15.3. The summed E-state index contributed by atoms with van der Waals surface area (Å²) in [7, 11) is 0. The standard InChI is InChI=1S/C27H28N2O5/c30-23(28-17-12-16-13-26(16,14-17)24(31)32)27(10-5-11-27)29-25(33)34-15-22-20-8-3-1-6-18(20)19-7-2-4-9-21(19)22/h1-4,6-9,16-17,22H,5,10-15H2,(H,28,30)(H,29,33)(H,31,32). The van der Waals surface area contributed by atoms with E-state index in [1.165, 1.54) is 0 Å². The summed E-state index contributed by atoms with van der Waals surface area (Å²) < 4.78 is 5.66. The Kier molecular flexibility index (Phi) is 4.73. The lowest BCUT2D eigenvalue weighted by Gasteiger charge is -2.41. The number of nitrogens with one attached hydrogen (secondary N) is 2. The molecule has 4 aliphatic carbocycles. The van der Waals surface area contributed by atoms with Gasteiger partial charge >= 0.3 is 12.1 Å². The van der Waals surface area contributed by atoms with Crippen LogP contribution in [0, 0.1) is 11.3 Å². The maximum atomic E-state index is 13.1. The monoisotopic (exact) mass is 460 g/mol. The lowest BCUT2D eigenvalue weighted by molar-refractivity contribution is -0.144. The highest BCUT2D eigenvalue weighted by Crippen LogP contribution is 2.63. The number of hydrogen-bond donors (Lipinski definition) is 3. The van der Waals surface area contributed by atoms with Crippen molar-refractivity contribution < 1.29 is 24.2 Å². The Morgan fingerprint density at radius 1 is 0.971 bits per heavy atom. The molecular weight excluding hydrogens is 432 g/mol. The van der Waals surface area contributed by atoms with Gasteiger partial charge in [0.2, 0.25) is 5.91 Å². The first-order chi connectivity index (χ1) is 16.4. The van der Waals surface area contributed by atoms with Gasteiger partial charge in [-0.2, -0.15) is 0 Å². The van der Waals surface area contributed by atoms with Crippen LogP contribution in [0.15, 0.2) is 48.5 Å². The molecule has 0 bridgehead atoms. The highest BCUT2D eigenvalue weighted by atomic mass is 16.5. The zero-order valence-electron chi connectivity index (χ0n) is 18.9. The van der Waals surface area contributed by atoms with Crippen LogP contribution in [-0.2, 0) is 14.3 Å². The zero-order chi connectivity index (χ0) is 23.5. The number of fused-ring (bicyclic) bond motifs is 4. The van der Waals surface area contributed by atoms with Gasteiger partial charge in [-0.05, 0) is 66.7 Å². The fraction of sp³-hybridized carbons (Fsp3) is 0.444. The molecule has 3 saturated carbocycles. The van der Waals surface area contributed by atoms with Gasteiger partial charge in [-0.15, -0.1) is 0 Å². The number of carboxylic acid groups (broad SMARTS) is 1. The normalized spacial score (nSPS) is 27.5. The van der Waals surface area contributed by atoms with Crippen LogP contribution in [0.4, 0.5) is 4.79 Å². The van der Waals surface area contributed by atoms with Crippen LogP contribution in [-0.4, -0.2) is 41.3 Å². The molecule has 2 amide bonds. The number of carbonyl (C=O) groups is 3. The molecule has 3 N–H and O–H groups in total. The molecule has 4 aliphatic rings. The highest BCUT2D eigenvalue weighted by molar-refractivity contribution is 5.91. The van der Waals surface area contributed by atoms with Crippen LogP contribution in [0.3, 0.4) is 0 Å². The predicted octanol–water partition coefficient (Wildman–Crippen LogP) is 3.82. The number of ether oxygens (including phenoxy) is 1. The van der Waals surface area contributed by atoms with Gasteiger partial charge < -0.3 is 20.5 Å². The smallest absolute Gasteiger partial charge is 0.408 e. The summed E-state index contributed by atoms with van der Waals surface area (Å²) in [6.07, 6.45) is 3.25. The summed E-state index contributed by atoms with van der Waals surface area (Å²) in [4.78, 5) is 37.4. The number of hydrogen-bond acceptors (Lipinski definition) is 4. The van der Waals surface area contributed by atoms with Crippen LogP contribution in [0.5, 0.6) is 0 Å². The number of rotatable bonds is 6. The third-order valence-electron chi connectivity index (χ3n) is 8.50. The molecule has 0 saturated heterocycles. The van der Waals surface area contributed by atoms with E-state index in [1.807, 2.05) is 24.3 Å². The van der Waals surface area contributed by atoms with Gasteiger partial charge in [0, 0.05) is 12.0 Å². The fourth-order valence-corrected chi connectivity index (χ4v) is 6.36. The first-order valence-corrected chi connectivity index (χ1v) is 12.1. The average molecular weight is 461 g/mol. The van der Waals surface area contributed by atoms with E-state index in [9.17, 15) is 19.5 Å². The second-order valence-electron chi connectivity index (χ2n) is 10.4. The minimum atomic E-state index is -0.967. The minimum Gasteiger partial charge on any atom is -0.481 e. The molecule has 0 aliphatic heterocycles. The average Bonchev–Trinajstić information content (AvgIpc) is 3.24. The molecule has 3 fully saturated rings. The molecule has 2 aromatic rings. The Bertz CT molecular complexity index is 1140. The predicted molar refractivity (Wildman–Crippen MR) is 124 cm³/mol. The van der Waals surface area contributed by atoms with Crippen LogP contribution < -0.4 is 10.6 Å². The first-order valence-electron chi connectivity index (χ1n) is 12.1. The maximum Gasteiger partial charge on any atom is 0.408 e. The largest absolute Gasteiger partial charge is 0.481 e. The number of benzene rings is 2. The number of alkyl carbamates (subject to hydrolysis) is 1. The summed E-state index contributed by atoms with van der Waals surface area (Å²) in [6, 6.07) is 16.2. The van der Waals surface area contributed by atoms with Crippen LogP contribution in [0.1, 0.15) is 55.6 Å². The molecule has 3 atom stereocenters. The SMILES string of the molecule is O=C(NC1(C(=O)NC2CC3CC3(C(=O)O)C2)CCC1)OCC1c2ccccc2-c2ccccc21. The topological polar surface area (TPSA) is 105 Å². The van der Waals surface area contributed by atoms with Gasteiger partial charge in [-0.3, -0.25) is 9.59 Å². The third kappa shape index (κ3) is 3.21. The Hall–Kier alpha value is -3.35. The van der Waals surface area contributed by atoms with E-state index in [1.54, 1.807) is 0 Å². The Labute approximate surface area is 197 Å². The fourth-order valence-electron chi connectivity index (χ4n) is 6.36. The maximum absolute atomic E-state index is 13.1. The lowest BCUT2D eigenvalue weighted by atomic mass is 9.76. The van der Waals surface area contributed by atoms with E-state index in [4.69, 9.17) is 4.74 Å². The van der Waals surface area contributed by atoms with Crippen molar-refractivity contribution in [1.82, 2.24) is 10.6 Å². The molecule has 0 aromatic heterocycles. The lowest BCUT2D eigenvalue weighted by Crippen LogP contribution is -2.64. The van der Waals surface area contributed by atoms with Gasteiger partial charge in [0.15, 0.2) is 0 Å². The van der Waals surface area contributed by atoms with Gasteiger partial charge in [-0.25, -0.2) is 4.79 Å². The molecule has 3 unspecified atom stereocenters. The Balaban J connectivity index is 1.09. The van der Waals surface area contributed by atoms with E-state index in [2.05, 4.69) is 34.9 Å². The van der Waals surface area contributed by atoms with E-state index >= 15 is 0 Å². The third-order valence-corrected chi connectivity index (χ3v) is 8.50. The van der Waals surface area contributed by atoms with Crippen molar-refractivity contribution in [3.05, 3.63) is 59.7 Å². The van der Waals surface area contributed by atoms with Crippen molar-refractivity contribution >= 4 is 18.0 Å². The molecule has 7 nitrogen and oxygen atoms in total. The van der Waals surface area contributed by atoms with Crippen molar-refractivity contribution in [3.63, 3.8) is 0 Å². The van der Waals surface area contributed by atoms with Gasteiger partial charge in [0.25, 0.3) is 0 Å². The number of amides is 2. The molecule has 7 heteroatoms. The van der Waals surface area contributed by atoms with Gasteiger partial charge in [0.1, 0.15) is 12.1 Å². The summed E-state index contributed by atoms with van der Waals surface area (Å²) >= 11 is 0. The van der Waals surface area contributed by atoms with Crippen molar-refractivity contribution in [3.8, 4) is 11.1 Å². The van der Waals surface area contributed by atoms with Gasteiger partial charge in [0.05, 0.1) is 5.41 Å². The zero-order valence-corrected chi connectivity index (χ0v) is 18.9. The number of aliphatic carboxylic acids is 1. The molecule has 34 heavy (non-hydrogen) atoms. The molecule has 6 rings (SSSR count). The quantitative estimate of drug-likeness (QED) is 0.608. The molecule has 2 aromatic carbocycles. The number of carboxylic acids is 1. The van der Waals surface area contributed by atoms with Crippen molar-refractivity contribution in [2.45, 2.75) is 56.0 Å². The van der Waals surface area contributed by atoms with Crippen molar-refractivity contribution in [2.75, 3.05) is 6.61 Å². The van der Waals surface area contributed by atoms with Crippen LogP contribution in [0.2, 0.25) is 0 Å². The molecule has 0 spiro atoms. The van der Waals surface area contributed by atoms with Crippen LogP contribution in [0.25, 0.3) is 11.1 Å². The van der Waals surface area contributed by atoms with E-state index in [-0.39, 0.29) is 30.4 Å². The van der Waals surface area contributed by atoms with Crippen LogP contribution >= 0.6 is 0 Å². The summed E-state index contributed by atoms with van der Waals surface area (Å²) in [5.74, 6) is -0.868. The summed E-state index contributed by atoms with van der Waals surface area (Å²) in [5.41, 5.74) is 2.99. The second-order valence-corrected chi connectivity index (χ2v) is 10.4. The minimum absolute atomic E-state index is 0.0401. The van der Waals surface area contributed by atoms with E-state index in [0.717, 1.165) is 28.7 Å². The second kappa shape index (κ2) is 7.58. The Morgan fingerprint density at radius 2 is 1.62 bits per heavy atom. The number of carbonyl (C=O) groups excluding carboxylic acids is 2. The van der Waals surface area contributed by atoms with E-state index in [0.29, 0.717) is 32.1 Å². The molecule has 0 radical (unpaired) electrons. The first kappa shape index (κ1) is 21.2. The van der Waals surface area contributed by atoms with Gasteiger partial charge in [-0.1, -0.05) is 48.5 Å². The Morgan fingerprint density at radius 3 is 2.18 bits per heavy atom. The van der Waals surface area contributed by atoms with E-state index < -0.39 is 23.0 Å². The summed E-state index contributed by atoms with van der Waals surface area (Å²) in [6.45, 7) is 0.197.